The van der Waals surface area contributed by atoms with E-state index in [9.17, 15) is 9.59 Å². The van der Waals surface area contributed by atoms with Gasteiger partial charge in [0, 0.05) is 5.69 Å². The second-order valence-corrected chi connectivity index (χ2v) is 5.25. The fourth-order valence-electron chi connectivity index (χ4n) is 2.55. The predicted octanol–water partition coefficient (Wildman–Crippen LogP) is 3.72. The molecule has 0 saturated heterocycles. The van der Waals surface area contributed by atoms with Gasteiger partial charge < -0.3 is 10.4 Å². The van der Waals surface area contributed by atoms with Gasteiger partial charge >= 0.3 is 5.97 Å². The van der Waals surface area contributed by atoms with Crippen LogP contribution in [0.5, 0.6) is 0 Å². The lowest BCUT2D eigenvalue weighted by Gasteiger charge is -2.08. The molecule has 2 N–H and O–H groups in total. The van der Waals surface area contributed by atoms with Gasteiger partial charge in [0.05, 0.1) is 12.0 Å². The third kappa shape index (κ3) is 3.37. The van der Waals surface area contributed by atoms with Gasteiger partial charge in [0.25, 0.3) is 0 Å². The minimum atomic E-state index is -1.02. The van der Waals surface area contributed by atoms with Crippen LogP contribution in [0.15, 0.2) is 66.7 Å². The Morgan fingerprint density at radius 2 is 1.65 bits per heavy atom. The van der Waals surface area contributed by atoms with Gasteiger partial charge in [0.1, 0.15) is 0 Å². The Kier molecular flexibility index (Phi) is 4.06. The molecule has 0 bridgehead atoms. The number of nitrogens with one attached hydrogen (secondary N) is 1. The topological polar surface area (TPSA) is 66.4 Å². The van der Waals surface area contributed by atoms with E-state index in [0.29, 0.717) is 5.69 Å². The molecule has 0 aliphatic rings. The number of carboxylic acid groups (broad SMARTS) is 1. The summed E-state index contributed by atoms with van der Waals surface area (Å²) in [6.07, 6.45) is 0.235. The van der Waals surface area contributed by atoms with E-state index in [2.05, 4.69) is 5.32 Å². The predicted molar refractivity (Wildman–Crippen MR) is 89.7 cm³/mol. The lowest BCUT2D eigenvalue weighted by Crippen LogP contribution is -2.15. The third-order valence-corrected chi connectivity index (χ3v) is 3.62. The molecule has 4 heteroatoms. The molecule has 1 amide bonds. The van der Waals surface area contributed by atoms with Crippen molar-refractivity contribution in [1.29, 1.82) is 0 Å². The number of rotatable bonds is 4. The molecule has 0 atom stereocenters. The highest BCUT2D eigenvalue weighted by molar-refractivity contribution is 5.97. The molecule has 0 heterocycles. The Labute approximate surface area is 133 Å². The molecular formula is C19H15NO3. The third-order valence-electron chi connectivity index (χ3n) is 3.62. The average molecular weight is 305 g/mol. The zero-order valence-electron chi connectivity index (χ0n) is 12.3. The van der Waals surface area contributed by atoms with Crippen LogP contribution in [0.1, 0.15) is 15.9 Å². The zero-order valence-corrected chi connectivity index (χ0v) is 12.3. The molecule has 0 radical (unpaired) electrons. The van der Waals surface area contributed by atoms with Gasteiger partial charge in [-0.1, -0.05) is 48.5 Å². The van der Waals surface area contributed by atoms with Crippen molar-refractivity contribution in [3.05, 3.63) is 77.9 Å². The first-order valence-electron chi connectivity index (χ1n) is 7.23. The van der Waals surface area contributed by atoms with Gasteiger partial charge in [-0.2, -0.15) is 0 Å². The molecule has 3 rings (SSSR count). The number of fused-ring (bicyclic) bond motifs is 1. The van der Waals surface area contributed by atoms with Crippen molar-refractivity contribution >= 4 is 28.3 Å². The smallest absolute Gasteiger partial charge is 0.335 e. The van der Waals surface area contributed by atoms with Crippen LogP contribution in [0.25, 0.3) is 10.8 Å². The van der Waals surface area contributed by atoms with E-state index in [1.54, 1.807) is 12.1 Å². The van der Waals surface area contributed by atoms with E-state index in [-0.39, 0.29) is 17.9 Å². The van der Waals surface area contributed by atoms with Crippen molar-refractivity contribution in [2.45, 2.75) is 6.42 Å². The minimum Gasteiger partial charge on any atom is -0.478 e. The van der Waals surface area contributed by atoms with Crippen LogP contribution >= 0.6 is 0 Å². The quantitative estimate of drug-likeness (QED) is 0.772. The van der Waals surface area contributed by atoms with Gasteiger partial charge in [-0.15, -0.1) is 0 Å². The van der Waals surface area contributed by atoms with Gasteiger partial charge in [-0.3, -0.25) is 4.79 Å². The van der Waals surface area contributed by atoms with Gasteiger partial charge in [-0.05, 0) is 34.5 Å². The van der Waals surface area contributed by atoms with Crippen LogP contribution in [-0.2, 0) is 11.2 Å². The number of amides is 1. The standard InChI is InChI=1S/C19H15NO3/c21-18(20-16-9-4-8-15(11-16)19(22)23)12-14-7-3-6-13-5-1-2-10-17(13)14/h1-11H,12H2,(H,20,21)(H,22,23). The van der Waals surface area contributed by atoms with E-state index in [0.717, 1.165) is 16.3 Å². The molecule has 0 fully saturated rings. The summed E-state index contributed by atoms with van der Waals surface area (Å²) in [5, 5.41) is 13.9. The maximum atomic E-state index is 12.2. The molecule has 3 aromatic rings. The highest BCUT2D eigenvalue weighted by atomic mass is 16.4. The average Bonchev–Trinajstić information content (AvgIpc) is 2.55. The van der Waals surface area contributed by atoms with E-state index in [1.807, 2.05) is 42.5 Å². The summed E-state index contributed by atoms with van der Waals surface area (Å²) in [6.45, 7) is 0. The van der Waals surface area contributed by atoms with Crippen molar-refractivity contribution in [3.8, 4) is 0 Å². The van der Waals surface area contributed by atoms with Crippen molar-refractivity contribution in [2.24, 2.45) is 0 Å². The Balaban J connectivity index is 1.79. The Bertz CT molecular complexity index is 881. The number of anilines is 1. The molecule has 23 heavy (non-hydrogen) atoms. The summed E-state index contributed by atoms with van der Waals surface area (Å²) >= 11 is 0. The number of hydrogen-bond acceptors (Lipinski definition) is 2. The minimum absolute atomic E-state index is 0.146. The van der Waals surface area contributed by atoms with E-state index in [4.69, 9.17) is 5.11 Å². The highest BCUT2D eigenvalue weighted by Gasteiger charge is 2.09. The van der Waals surface area contributed by atoms with Crippen molar-refractivity contribution in [1.82, 2.24) is 0 Å². The molecule has 0 spiro atoms. The van der Waals surface area contributed by atoms with Crippen LogP contribution in [-0.4, -0.2) is 17.0 Å². The van der Waals surface area contributed by atoms with Crippen LogP contribution in [0, 0.1) is 0 Å². The number of aromatic carboxylic acids is 1. The summed E-state index contributed by atoms with van der Waals surface area (Å²) in [5.74, 6) is -1.20. The molecule has 3 aromatic carbocycles. The molecule has 114 valence electrons. The van der Waals surface area contributed by atoms with Crippen LogP contribution in [0.4, 0.5) is 5.69 Å². The normalized spacial score (nSPS) is 10.4. The van der Waals surface area contributed by atoms with E-state index >= 15 is 0 Å². The maximum absolute atomic E-state index is 12.2. The number of carboxylic acids is 1. The van der Waals surface area contributed by atoms with E-state index in [1.165, 1.54) is 12.1 Å². The lowest BCUT2D eigenvalue weighted by atomic mass is 10.0. The molecule has 0 aliphatic heterocycles. The van der Waals surface area contributed by atoms with Gasteiger partial charge in [-0.25, -0.2) is 4.79 Å². The molecule has 0 saturated carbocycles. The van der Waals surface area contributed by atoms with Crippen LogP contribution < -0.4 is 5.32 Å². The highest BCUT2D eigenvalue weighted by Crippen LogP contribution is 2.19. The summed E-state index contributed by atoms with van der Waals surface area (Å²) in [4.78, 5) is 23.2. The first kappa shape index (κ1) is 14.8. The number of carbonyl (C=O) groups excluding carboxylic acids is 1. The Morgan fingerprint density at radius 1 is 0.913 bits per heavy atom. The number of hydrogen-bond donors (Lipinski definition) is 2. The number of carbonyl (C=O) groups is 2. The van der Waals surface area contributed by atoms with Crippen molar-refractivity contribution in [3.63, 3.8) is 0 Å². The second-order valence-electron chi connectivity index (χ2n) is 5.25. The summed E-state index contributed by atoms with van der Waals surface area (Å²) in [6, 6.07) is 20.0. The summed E-state index contributed by atoms with van der Waals surface area (Å²) in [5.41, 5.74) is 1.57. The summed E-state index contributed by atoms with van der Waals surface area (Å²) < 4.78 is 0. The largest absolute Gasteiger partial charge is 0.478 e. The van der Waals surface area contributed by atoms with Crippen molar-refractivity contribution < 1.29 is 14.7 Å². The van der Waals surface area contributed by atoms with Crippen molar-refractivity contribution in [2.75, 3.05) is 5.32 Å². The fraction of sp³-hybridized carbons (Fsp3) is 0.0526. The fourth-order valence-corrected chi connectivity index (χ4v) is 2.55. The van der Waals surface area contributed by atoms with Crippen LogP contribution in [0.2, 0.25) is 0 Å². The van der Waals surface area contributed by atoms with Crippen LogP contribution in [0.3, 0.4) is 0 Å². The first-order chi connectivity index (χ1) is 11.1. The number of benzene rings is 3. The lowest BCUT2D eigenvalue weighted by molar-refractivity contribution is -0.115. The SMILES string of the molecule is O=C(Cc1cccc2ccccc12)Nc1cccc(C(=O)O)c1. The monoisotopic (exact) mass is 305 g/mol. The molecule has 4 nitrogen and oxygen atoms in total. The molecule has 0 aromatic heterocycles. The van der Waals surface area contributed by atoms with Gasteiger partial charge in [0.2, 0.25) is 5.91 Å². The maximum Gasteiger partial charge on any atom is 0.335 e. The molecular weight excluding hydrogens is 290 g/mol. The van der Waals surface area contributed by atoms with E-state index < -0.39 is 5.97 Å². The summed E-state index contributed by atoms with van der Waals surface area (Å²) in [7, 11) is 0. The Hall–Kier alpha value is -3.14. The second kappa shape index (κ2) is 6.32. The Morgan fingerprint density at radius 3 is 2.48 bits per heavy atom. The molecule has 0 aliphatic carbocycles. The molecule has 0 unspecified atom stereocenters. The first-order valence-corrected chi connectivity index (χ1v) is 7.23. The zero-order chi connectivity index (χ0) is 16.2. The van der Waals surface area contributed by atoms with Gasteiger partial charge in [0.15, 0.2) is 0 Å².